The lowest BCUT2D eigenvalue weighted by Gasteiger charge is -2.08. The minimum Gasteiger partial charge on any atom is -0.358 e. The summed E-state index contributed by atoms with van der Waals surface area (Å²) in [6.07, 6.45) is 1.10. The Morgan fingerprint density at radius 2 is 1.96 bits per heavy atom. The summed E-state index contributed by atoms with van der Waals surface area (Å²) in [5, 5.41) is 13.0. The van der Waals surface area contributed by atoms with E-state index in [1.54, 1.807) is 0 Å². The second-order valence-corrected chi connectivity index (χ2v) is 6.29. The summed E-state index contributed by atoms with van der Waals surface area (Å²) >= 11 is 0. The Hall–Kier alpha value is -2.76. The molecule has 2 rings (SSSR count). The van der Waals surface area contributed by atoms with E-state index in [0.717, 1.165) is 18.3 Å². The molecule has 0 aliphatic rings. The van der Waals surface area contributed by atoms with Gasteiger partial charge in [-0.3, -0.25) is 9.36 Å². The van der Waals surface area contributed by atoms with E-state index in [0.29, 0.717) is 0 Å². The summed E-state index contributed by atoms with van der Waals surface area (Å²) in [4.78, 5) is 25.1. The van der Waals surface area contributed by atoms with Crippen LogP contribution >= 0.6 is 0 Å². The minimum atomic E-state index is -4.86. The molecule has 1 aromatic heterocycles. The Morgan fingerprint density at radius 1 is 1.36 bits per heavy atom. The largest absolute Gasteiger partial charge is 0.475 e. The number of carbonyl (C=O) groups excluding carboxylic acids is 1. The van der Waals surface area contributed by atoms with E-state index in [1.165, 1.54) is 23.6 Å². The smallest absolute Gasteiger partial charge is 0.358 e. The molecule has 0 aliphatic carbocycles. The van der Waals surface area contributed by atoms with Crippen molar-refractivity contribution in [2.24, 2.45) is 0 Å². The van der Waals surface area contributed by atoms with Crippen LogP contribution in [0.3, 0.4) is 0 Å². The summed E-state index contributed by atoms with van der Waals surface area (Å²) < 4.78 is 49.5. The summed E-state index contributed by atoms with van der Waals surface area (Å²) in [7, 11) is -3.15. The Balaban J connectivity index is 2.04. The molecule has 8 nitrogen and oxygen atoms in total. The highest BCUT2D eigenvalue weighted by molar-refractivity contribution is 7.86. The normalized spacial score (nSPS) is 12.6. The van der Waals surface area contributed by atoms with Gasteiger partial charge in [-0.25, -0.2) is 4.21 Å². The van der Waals surface area contributed by atoms with Crippen LogP contribution < -0.4 is 5.32 Å². The highest BCUT2D eigenvalue weighted by Crippen LogP contribution is 2.26. The minimum absolute atomic E-state index is 0.195. The first-order valence-electron chi connectivity index (χ1n) is 6.64. The van der Waals surface area contributed by atoms with Crippen LogP contribution in [0, 0.1) is 17.0 Å². The number of aromatic nitrogens is 2. The van der Waals surface area contributed by atoms with E-state index < -0.39 is 37.9 Å². The molecule has 1 amide bonds. The summed E-state index contributed by atoms with van der Waals surface area (Å²) in [6, 6.07) is 4.35. The van der Waals surface area contributed by atoms with Gasteiger partial charge in [0.25, 0.3) is 0 Å². The number of aryl methyl sites for hydroxylation is 1. The molecule has 134 valence electrons. The number of nitrogens with one attached hydrogen (secondary N) is 1. The van der Waals surface area contributed by atoms with Crippen LogP contribution in [0.5, 0.6) is 0 Å². The zero-order chi connectivity index (χ0) is 18.8. The van der Waals surface area contributed by atoms with E-state index in [-0.39, 0.29) is 18.1 Å². The monoisotopic (exact) mass is 376 g/mol. The predicted octanol–water partition coefficient (Wildman–Crippen LogP) is 2.37. The Bertz CT molecular complexity index is 833. The van der Waals surface area contributed by atoms with E-state index in [2.05, 4.69) is 10.3 Å². The van der Waals surface area contributed by atoms with Crippen molar-refractivity contribution in [2.45, 2.75) is 23.9 Å². The molecule has 25 heavy (non-hydrogen) atoms. The molecule has 1 aromatic carbocycles. The molecule has 0 bridgehead atoms. The number of halogens is 3. The standard InChI is InChI=1S/C13H11F3N4O4S/c1-8-17-11(20(22)23)6-19(8)7-12(21)18-9-2-4-10(5-3-9)25(24)13(14,15)16/h2-6H,7H2,1H3,(H,18,21)/t25-/m1/s1. The molecule has 1 heterocycles. The first-order valence-corrected chi connectivity index (χ1v) is 7.79. The molecular formula is C13H11F3N4O4S. The Morgan fingerprint density at radius 3 is 2.44 bits per heavy atom. The molecule has 2 aromatic rings. The summed E-state index contributed by atoms with van der Waals surface area (Å²) in [6.45, 7) is 1.23. The first kappa shape index (κ1) is 18.6. The third kappa shape index (κ3) is 4.62. The zero-order valence-electron chi connectivity index (χ0n) is 12.6. The van der Waals surface area contributed by atoms with Crippen molar-refractivity contribution in [3.8, 4) is 0 Å². The number of benzene rings is 1. The maximum atomic E-state index is 12.4. The van der Waals surface area contributed by atoms with Crippen LogP contribution in [0.25, 0.3) is 0 Å². The van der Waals surface area contributed by atoms with Crippen molar-refractivity contribution in [3.05, 3.63) is 46.4 Å². The van der Waals surface area contributed by atoms with Crippen LogP contribution in [0.15, 0.2) is 35.4 Å². The molecule has 1 atom stereocenters. The average molecular weight is 376 g/mol. The van der Waals surface area contributed by atoms with Crippen molar-refractivity contribution in [3.63, 3.8) is 0 Å². The molecule has 0 aliphatic heterocycles. The number of rotatable bonds is 5. The number of nitrogens with zero attached hydrogens (tertiary/aromatic N) is 3. The van der Waals surface area contributed by atoms with Gasteiger partial charge >= 0.3 is 11.3 Å². The number of hydrogen-bond acceptors (Lipinski definition) is 5. The highest BCUT2D eigenvalue weighted by Gasteiger charge is 2.37. The number of hydrogen-bond donors (Lipinski definition) is 1. The fourth-order valence-electron chi connectivity index (χ4n) is 1.89. The number of anilines is 1. The van der Waals surface area contributed by atoms with Gasteiger partial charge < -0.3 is 15.4 Å². The van der Waals surface area contributed by atoms with Gasteiger partial charge in [0, 0.05) is 17.5 Å². The third-order valence-electron chi connectivity index (χ3n) is 3.03. The lowest BCUT2D eigenvalue weighted by atomic mass is 10.3. The lowest BCUT2D eigenvalue weighted by Crippen LogP contribution is -2.19. The number of alkyl halides is 3. The number of carbonyl (C=O) groups is 1. The zero-order valence-corrected chi connectivity index (χ0v) is 13.4. The number of imidazole rings is 1. The molecule has 1 N–H and O–H groups in total. The molecule has 0 unspecified atom stereocenters. The molecule has 0 spiro atoms. The number of amides is 1. The molecular weight excluding hydrogens is 365 g/mol. The fourth-order valence-corrected chi connectivity index (χ4v) is 2.54. The quantitative estimate of drug-likeness (QED) is 0.637. The van der Waals surface area contributed by atoms with Crippen molar-refractivity contribution in [1.82, 2.24) is 9.55 Å². The summed E-state index contributed by atoms with van der Waals surface area (Å²) in [5.74, 6) is -0.692. The van der Waals surface area contributed by atoms with E-state index in [4.69, 9.17) is 0 Å². The van der Waals surface area contributed by atoms with Gasteiger partial charge in [0.2, 0.25) is 11.7 Å². The molecule has 0 saturated carbocycles. The van der Waals surface area contributed by atoms with Gasteiger partial charge in [0.1, 0.15) is 12.7 Å². The van der Waals surface area contributed by atoms with Crippen molar-refractivity contribution in [1.29, 1.82) is 0 Å². The maximum absolute atomic E-state index is 12.4. The van der Waals surface area contributed by atoms with Crippen LogP contribution in [0.2, 0.25) is 0 Å². The SMILES string of the molecule is Cc1nc([N+](=O)[O-])cn1CC(=O)Nc1ccc([S@@](=O)C(F)(F)F)cc1. The van der Waals surface area contributed by atoms with Crippen LogP contribution in [-0.4, -0.2) is 30.1 Å². The molecule has 0 saturated heterocycles. The van der Waals surface area contributed by atoms with Gasteiger partial charge in [-0.1, -0.05) is 0 Å². The second kappa shape index (κ2) is 7.01. The third-order valence-corrected chi connectivity index (χ3v) is 4.15. The van der Waals surface area contributed by atoms with Crippen molar-refractivity contribution in [2.75, 3.05) is 5.32 Å². The Kier molecular flexibility index (Phi) is 5.21. The average Bonchev–Trinajstić information content (AvgIpc) is 2.87. The van der Waals surface area contributed by atoms with Crippen molar-refractivity contribution >= 4 is 28.2 Å². The lowest BCUT2D eigenvalue weighted by molar-refractivity contribution is -0.389. The number of nitro groups is 1. The highest BCUT2D eigenvalue weighted by atomic mass is 32.2. The fraction of sp³-hybridized carbons (Fsp3) is 0.231. The van der Waals surface area contributed by atoms with Crippen LogP contribution in [-0.2, 0) is 22.1 Å². The second-order valence-electron chi connectivity index (χ2n) is 4.82. The predicted molar refractivity (Wildman–Crippen MR) is 81.2 cm³/mol. The van der Waals surface area contributed by atoms with Crippen LogP contribution in [0.4, 0.5) is 24.7 Å². The van der Waals surface area contributed by atoms with Gasteiger partial charge in [0.15, 0.2) is 10.8 Å². The van der Waals surface area contributed by atoms with E-state index in [1.807, 2.05) is 0 Å². The van der Waals surface area contributed by atoms with Gasteiger partial charge in [0.05, 0.1) is 0 Å². The summed E-state index contributed by atoms with van der Waals surface area (Å²) in [5.41, 5.74) is -4.67. The molecule has 12 heteroatoms. The van der Waals surface area contributed by atoms with Crippen molar-refractivity contribution < 1.29 is 27.1 Å². The first-order chi connectivity index (χ1) is 11.6. The van der Waals surface area contributed by atoms with E-state index in [9.17, 15) is 32.3 Å². The van der Waals surface area contributed by atoms with Gasteiger partial charge in [-0.15, -0.1) is 0 Å². The van der Waals surface area contributed by atoms with Gasteiger partial charge in [-0.2, -0.15) is 13.2 Å². The Labute approximate surface area is 141 Å². The van der Waals surface area contributed by atoms with Gasteiger partial charge in [-0.05, 0) is 34.2 Å². The topological polar surface area (TPSA) is 107 Å². The van der Waals surface area contributed by atoms with Crippen LogP contribution in [0.1, 0.15) is 5.82 Å². The van der Waals surface area contributed by atoms with E-state index >= 15 is 0 Å². The molecule has 0 radical (unpaired) electrons. The maximum Gasteiger partial charge on any atom is 0.475 e. The molecule has 0 fully saturated rings.